The molecule has 1 aliphatic rings. The van der Waals surface area contributed by atoms with E-state index in [-0.39, 0.29) is 18.5 Å². The third kappa shape index (κ3) is 21.7. The Bertz CT molecular complexity index is 660. The molecule has 0 aliphatic carbocycles. The summed E-state index contributed by atoms with van der Waals surface area (Å²) in [6.07, 6.45) is 27.9. The molecule has 268 valence electrons. The number of hydrogen-bond donors (Lipinski definition) is 4. The minimum absolute atomic E-state index is 0.188. The number of aliphatic hydroxyl groups is 4. The highest BCUT2D eigenvalue weighted by Crippen LogP contribution is 2.24. The average molecular weight is 643 g/mol. The molecular formula is C38H74O7. The van der Waals surface area contributed by atoms with Crippen molar-refractivity contribution in [2.24, 2.45) is 5.92 Å². The highest BCUT2D eigenvalue weighted by atomic mass is 16.6. The molecule has 0 aromatic rings. The summed E-state index contributed by atoms with van der Waals surface area (Å²) in [5.74, 6) is -0.481. The van der Waals surface area contributed by atoms with Crippen molar-refractivity contribution >= 4 is 5.97 Å². The molecule has 1 fully saturated rings. The summed E-state index contributed by atoms with van der Waals surface area (Å²) < 4.78 is 10.7. The first-order chi connectivity index (χ1) is 21.9. The van der Waals surface area contributed by atoms with Crippen LogP contribution < -0.4 is 0 Å². The van der Waals surface area contributed by atoms with Crippen LogP contribution in [0.25, 0.3) is 0 Å². The lowest BCUT2D eigenvalue weighted by Gasteiger charge is -2.38. The van der Waals surface area contributed by atoms with E-state index in [9.17, 15) is 25.2 Å². The smallest absolute Gasteiger partial charge is 0.309 e. The van der Waals surface area contributed by atoms with Crippen molar-refractivity contribution in [2.75, 3.05) is 6.61 Å². The van der Waals surface area contributed by atoms with E-state index in [4.69, 9.17) is 9.47 Å². The van der Waals surface area contributed by atoms with E-state index in [1.54, 1.807) is 0 Å². The maximum atomic E-state index is 13.1. The van der Waals surface area contributed by atoms with Gasteiger partial charge in [0.1, 0.15) is 31.0 Å². The highest BCUT2D eigenvalue weighted by molar-refractivity contribution is 5.72. The summed E-state index contributed by atoms with van der Waals surface area (Å²) in [5, 5.41) is 39.7. The molecule has 0 aromatic heterocycles. The largest absolute Gasteiger partial charge is 0.463 e. The van der Waals surface area contributed by atoms with E-state index in [1.807, 2.05) is 0 Å². The van der Waals surface area contributed by atoms with Gasteiger partial charge in [-0.2, -0.15) is 0 Å². The van der Waals surface area contributed by atoms with Gasteiger partial charge in [0.15, 0.2) is 6.29 Å². The molecular weight excluding hydrogens is 568 g/mol. The molecule has 1 heterocycles. The molecule has 1 aliphatic heterocycles. The quantitative estimate of drug-likeness (QED) is 0.0441. The van der Waals surface area contributed by atoms with Crippen molar-refractivity contribution in [3.8, 4) is 0 Å². The first-order valence-electron chi connectivity index (χ1n) is 19.5. The molecule has 0 saturated carbocycles. The van der Waals surface area contributed by atoms with Gasteiger partial charge in [0, 0.05) is 0 Å². The molecule has 0 radical (unpaired) electrons. The number of carbonyl (C=O) groups is 1. The molecule has 1 rings (SSSR count). The topological polar surface area (TPSA) is 116 Å². The number of ether oxygens (including phenoxy) is 2. The lowest BCUT2D eigenvalue weighted by atomic mass is 9.94. The second-order valence-electron chi connectivity index (χ2n) is 13.9. The fourth-order valence-corrected chi connectivity index (χ4v) is 6.55. The molecule has 2 unspecified atom stereocenters. The standard InChI is InChI=1S/C38H74O7/c1-3-5-7-9-11-13-15-17-18-20-22-24-26-28-30-32(29-27-25-23-21-19-16-14-12-10-8-6-4-2)37(42)44-31-33-34(39)35(40)36(41)38(43)45-33/h32-36,38-41,43H,3-31H2,1-2H3/t32?,33?,34-,35+,36-,38+/m0/s1. The molecule has 7 nitrogen and oxygen atoms in total. The van der Waals surface area contributed by atoms with Gasteiger partial charge in [-0.25, -0.2) is 0 Å². The Hall–Kier alpha value is -0.730. The van der Waals surface area contributed by atoms with Gasteiger partial charge < -0.3 is 29.9 Å². The van der Waals surface area contributed by atoms with Gasteiger partial charge in [0.05, 0.1) is 5.92 Å². The maximum absolute atomic E-state index is 13.1. The Kier molecular flexibility index (Phi) is 27.6. The summed E-state index contributed by atoms with van der Waals surface area (Å²) in [5.41, 5.74) is 0. The minimum Gasteiger partial charge on any atom is -0.463 e. The van der Waals surface area contributed by atoms with Crippen LogP contribution in [0.1, 0.15) is 194 Å². The molecule has 7 heteroatoms. The molecule has 4 N–H and O–H groups in total. The van der Waals surface area contributed by atoms with Crippen LogP contribution in [0, 0.1) is 5.92 Å². The van der Waals surface area contributed by atoms with Gasteiger partial charge >= 0.3 is 5.97 Å². The van der Waals surface area contributed by atoms with Crippen LogP contribution in [0.4, 0.5) is 0 Å². The van der Waals surface area contributed by atoms with Crippen molar-refractivity contribution in [1.29, 1.82) is 0 Å². The first kappa shape index (κ1) is 42.3. The predicted molar refractivity (Wildman–Crippen MR) is 184 cm³/mol. The maximum Gasteiger partial charge on any atom is 0.309 e. The fourth-order valence-electron chi connectivity index (χ4n) is 6.55. The number of hydrogen-bond acceptors (Lipinski definition) is 7. The van der Waals surface area contributed by atoms with Gasteiger partial charge in [-0.1, -0.05) is 181 Å². The molecule has 6 atom stereocenters. The van der Waals surface area contributed by atoms with E-state index in [1.165, 1.54) is 141 Å². The Morgan fingerprint density at radius 1 is 0.511 bits per heavy atom. The van der Waals surface area contributed by atoms with Gasteiger partial charge in [0.25, 0.3) is 0 Å². The molecule has 0 bridgehead atoms. The zero-order valence-corrected chi connectivity index (χ0v) is 29.5. The second-order valence-corrected chi connectivity index (χ2v) is 13.9. The van der Waals surface area contributed by atoms with E-state index in [2.05, 4.69) is 13.8 Å². The van der Waals surface area contributed by atoms with Crippen molar-refractivity contribution in [3.63, 3.8) is 0 Å². The summed E-state index contributed by atoms with van der Waals surface area (Å²) in [7, 11) is 0. The number of unbranched alkanes of at least 4 members (excludes halogenated alkanes) is 24. The van der Waals surface area contributed by atoms with Gasteiger partial charge in [-0.3, -0.25) is 4.79 Å². The van der Waals surface area contributed by atoms with Crippen molar-refractivity contribution in [3.05, 3.63) is 0 Å². The third-order valence-corrected chi connectivity index (χ3v) is 9.72. The minimum atomic E-state index is -1.63. The summed E-state index contributed by atoms with van der Waals surface area (Å²) >= 11 is 0. The van der Waals surface area contributed by atoms with Gasteiger partial charge in [-0.05, 0) is 12.8 Å². The first-order valence-corrected chi connectivity index (χ1v) is 19.5. The molecule has 0 aromatic carbocycles. The van der Waals surface area contributed by atoms with Crippen LogP contribution in [0.2, 0.25) is 0 Å². The number of carbonyl (C=O) groups excluding carboxylic acids is 1. The molecule has 1 saturated heterocycles. The van der Waals surface area contributed by atoms with Crippen LogP contribution in [0.15, 0.2) is 0 Å². The van der Waals surface area contributed by atoms with Gasteiger partial charge in [0.2, 0.25) is 0 Å². The van der Waals surface area contributed by atoms with Crippen LogP contribution >= 0.6 is 0 Å². The lowest BCUT2D eigenvalue weighted by Crippen LogP contribution is -2.58. The summed E-state index contributed by atoms with van der Waals surface area (Å²) in [6.45, 7) is 4.27. The Balaban J connectivity index is 2.29. The van der Waals surface area contributed by atoms with Crippen LogP contribution in [0.3, 0.4) is 0 Å². The molecule has 45 heavy (non-hydrogen) atoms. The highest BCUT2D eigenvalue weighted by Gasteiger charge is 2.43. The normalized spacial score (nSPS) is 22.5. The summed E-state index contributed by atoms with van der Waals surface area (Å²) in [4.78, 5) is 13.1. The van der Waals surface area contributed by atoms with Crippen molar-refractivity contribution in [1.82, 2.24) is 0 Å². The second kappa shape index (κ2) is 29.4. The monoisotopic (exact) mass is 643 g/mol. The van der Waals surface area contributed by atoms with Crippen molar-refractivity contribution < 1.29 is 34.7 Å². The zero-order chi connectivity index (χ0) is 33.0. The van der Waals surface area contributed by atoms with E-state index >= 15 is 0 Å². The number of aliphatic hydroxyl groups excluding tert-OH is 4. The fraction of sp³-hybridized carbons (Fsp3) is 0.974. The van der Waals surface area contributed by atoms with Gasteiger partial charge in [-0.15, -0.1) is 0 Å². The summed E-state index contributed by atoms with van der Waals surface area (Å²) in [6, 6.07) is 0. The lowest BCUT2D eigenvalue weighted by molar-refractivity contribution is -0.287. The SMILES string of the molecule is CCCCCCCCCCCCCCCCC(CCCCCCCCCCCCCC)C(=O)OCC1O[C@@H](O)[C@@H](O)[C@H](O)[C@H]1O. The van der Waals surface area contributed by atoms with E-state index in [0.717, 1.165) is 38.5 Å². The van der Waals surface area contributed by atoms with Crippen LogP contribution in [-0.4, -0.2) is 63.7 Å². The Morgan fingerprint density at radius 3 is 1.20 bits per heavy atom. The Morgan fingerprint density at radius 2 is 0.844 bits per heavy atom. The molecule has 0 amide bonds. The third-order valence-electron chi connectivity index (χ3n) is 9.72. The average Bonchev–Trinajstić information content (AvgIpc) is 3.04. The Labute approximate surface area is 277 Å². The molecule has 0 spiro atoms. The zero-order valence-electron chi connectivity index (χ0n) is 29.5. The van der Waals surface area contributed by atoms with Crippen LogP contribution in [-0.2, 0) is 14.3 Å². The number of esters is 1. The van der Waals surface area contributed by atoms with E-state index in [0.29, 0.717) is 0 Å². The van der Waals surface area contributed by atoms with Crippen LogP contribution in [0.5, 0.6) is 0 Å². The predicted octanol–water partition coefficient (Wildman–Crippen LogP) is 8.91. The number of rotatable bonds is 31. The van der Waals surface area contributed by atoms with Crippen molar-refractivity contribution in [2.45, 2.75) is 224 Å². The van der Waals surface area contributed by atoms with E-state index < -0.39 is 30.7 Å².